The van der Waals surface area contributed by atoms with Crippen molar-refractivity contribution in [3.05, 3.63) is 51.7 Å². The van der Waals surface area contributed by atoms with E-state index in [-0.39, 0.29) is 0 Å². The van der Waals surface area contributed by atoms with Crippen LogP contribution in [-0.4, -0.2) is 21.0 Å². The van der Waals surface area contributed by atoms with Gasteiger partial charge in [-0.05, 0) is 70.1 Å². The Morgan fingerprint density at radius 1 is 1.19 bits per heavy atom. The third-order valence-electron chi connectivity index (χ3n) is 7.20. The second-order valence-electron chi connectivity index (χ2n) is 9.40. The molecule has 1 aliphatic rings. The minimum absolute atomic E-state index is 0.580. The van der Waals surface area contributed by atoms with Gasteiger partial charge in [0.1, 0.15) is 4.83 Å². The van der Waals surface area contributed by atoms with Crippen molar-refractivity contribution < 1.29 is 9.90 Å². The molecule has 2 N–H and O–H groups in total. The van der Waals surface area contributed by atoms with Gasteiger partial charge < -0.3 is 10.1 Å². The number of benzene rings is 1. The summed E-state index contributed by atoms with van der Waals surface area (Å²) in [6.45, 7) is 8.06. The maximum atomic E-state index is 12.8. The number of carboxylic acid groups (broad SMARTS) is 1. The Hall–Kier alpha value is -2.66. The first-order chi connectivity index (χ1) is 15.4. The van der Waals surface area contributed by atoms with Crippen LogP contribution in [0.3, 0.4) is 0 Å². The fraction of sp³-hybridized carbons (Fsp3) is 0.407. The molecule has 0 aliphatic heterocycles. The van der Waals surface area contributed by atoms with Gasteiger partial charge in [0, 0.05) is 43.7 Å². The van der Waals surface area contributed by atoms with Crippen molar-refractivity contribution in [1.29, 1.82) is 0 Å². The first-order valence-electron chi connectivity index (χ1n) is 11.6. The summed E-state index contributed by atoms with van der Waals surface area (Å²) in [5.74, 6) is -0.772. The number of fused-ring (bicyclic) bond motifs is 4. The lowest BCUT2D eigenvalue weighted by Gasteiger charge is -2.30. The maximum absolute atomic E-state index is 12.8. The molecule has 1 unspecified atom stereocenters. The van der Waals surface area contributed by atoms with Gasteiger partial charge in [0.25, 0.3) is 0 Å². The number of carbonyl (C=O) groups is 1. The van der Waals surface area contributed by atoms with Gasteiger partial charge in [-0.25, -0.2) is 4.98 Å². The highest BCUT2D eigenvalue weighted by molar-refractivity contribution is 7.19. The summed E-state index contributed by atoms with van der Waals surface area (Å²) in [4.78, 5) is 23.8. The van der Waals surface area contributed by atoms with Gasteiger partial charge in [-0.1, -0.05) is 31.5 Å². The molecule has 0 saturated heterocycles. The van der Waals surface area contributed by atoms with Crippen LogP contribution < -0.4 is 0 Å². The van der Waals surface area contributed by atoms with Crippen LogP contribution in [0.5, 0.6) is 0 Å². The number of aromatic nitrogens is 2. The number of aromatic amines is 1. The summed E-state index contributed by atoms with van der Waals surface area (Å²) in [7, 11) is 0. The number of aryl methyl sites for hydroxylation is 4. The van der Waals surface area contributed by atoms with Gasteiger partial charge in [-0.15, -0.1) is 11.3 Å². The quantitative estimate of drug-likeness (QED) is 0.344. The van der Waals surface area contributed by atoms with E-state index in [1.165, 1.54) is 28.7 Å². The average Bonchev–Trinajstić information content (AvgIpc) is 3.29. The zero-order chi connectivity index (χ0) is 22.6. The molecule has 0 fully saturated rings. The van der Waals surface area contributed by atoms with E-state index in [9.17, 15) is 9.90 Å². The summed E-state index contributed by atoms with van der Waals surface area (Å²) in [5, 5.41) is 12.8. The van der Waals surface area contributed by atoms with Crippen molar-refractivity contribution in [2.75, 3.05) is 0 Å². The third kappa shape index (κ3) is 3.01. The summed E-state index contributed by atoms with van der Waals surface area (Å²) in [5.41, 5.74) is 6.54. The lowest BCUT2D eigenvalue weighted by atomic mass is 9.73. The molecule has 0 amide bonds. The molecule has 5 heteroatoms. The van der Waals surface area contributed by atoms with Crippen molar-refractivity contribution in [3.63, 3.8) is 0 Å². The van der Waals surface area contributed by atoms with Gasteiger partial charge in [0.05, 0.1) is 5.41 Å². The zero-order valence-corrected chi connectivity index (χ0v) is 20.1. The molecular formula is C27H30N2O2S. The standard InChI is InChI=1S/C27H30N2O2S/c1-5-14-27(4,26(30)31)24-16(3)29-25-22(18-11-7-9-13-20(18)32-25)23(24)21-15(2)28-19-12-8-6-10-17(19)21/h6,8,10,12,28H,5,7,9,11,13-14H2,1-4H3,(H,30,31). The van der Waals surface area contributed by atoms with E-state index in [0.29, 0.717) is 6.42 Å². The smallest absolute Gasteiger partial charge is 0.313 e. The van der Waals surface area contributed by atoms with E-state index in [0.717, 1.165) is 63.1 Å². The van der Waals surface area contributed by atoms with E-state index in [4.69, 9.17) is 4.98 Å². The molecule has 4 nitrogen and oxygen atoms in total. The predicted molar refractivity (Wildman–Crippen MR) is 133 cm³/mol. The number of thiophene rings is 1. The predicted octanol–water partition coefficient (Wildman–Crippen LogP) is 7.08. The fourth-order valence-electron chi connectivity index (χ4n) is 5.76. The van der Waals surface area contributed by atoms with E-state index < -0.39 is 11.4 Å². The Morgan fingerprint density at radius 2 is 1.94 bits per heavy atom. The molecule has 4 aromatic rings. The number of H-pyrrole nitrogens is 1. The molecule has 1 aliphatic carbocycles. The number of hydrogen-bond acceptors (Lipinski definition) is 3. The molecule has 5 rings (SSSR count). The highest BCUT2D eigenvalue weighted by Crippen LogP contribution is 2.49. The Balaban J connectivity index is 2.00. The van der Waals surface area contributed by atoms with Crippen molar-refractivity contribution in [3.8, 4) is 11.1 Å². The minimum atomic E-state index is -0.996. The second-order valence-corrected chi connectivity index (χ2v) is 10.5. The molecule has 0 saturated carbocycles. The number of carboxylic acids is 1. The Kier molecular flexibility index (Phi) is 5.12. The SMILES string of the molecule is CCCC(C)(C(=O)O)c1c(C)nc2sc3c(c2c1-c1c(C)[nH]c2ccccc12)CCCC3. The van der Waals surface area contributed by atoms with Crippen LogP contribution in [0.1, 0.15) is 66.9 Å². The monoisotopic (exact) mass is 446 g/mol. The van der Waals surface area contributed by atoms with Gasteiger partial charge in [-0.3, -0.25) is 4.79 Å². The minimum Gasteiger partial charge on any atom is -0.481 e. The molecule has 0 bridgehead atoms. The van der Waals surface area contributed by atoms with Crippen molar-refractivity contribution in [2.24, 2.45) is 0 Å². The molecule has 0 spiro atoms. The molecule has 1 aromatic carbocycles. The number of para-hydroxylation sites is 1. The number of nitrogens with zero attached hydrogens (tertiary/aromatic N) is 1. The first kappa shape index (κ1) is 21.2. The number of pyridine rings is 1. The molecule has 1 atom stereocenters. The molecule has 32 heavy (non-hydrogen) atoms. The summed E-state index contributed by atoms with van der Waals surface area (Å²) in [6.07, 6.45) is 5.92. The van der Waals surface area contributed by atoms with Gasteiger partial charge in [-0.2, -0.15) is 0 Å². The Bertz CT molecular complexity index is 1360. The van der Waals surface area contributed by atoms with Crippen LogP contribution in [0.2, 0.25) is 0 Å². The lowest BCUT2D eigenvalue weighted by molar-refractivity contribution is -0.143. The van der Waals surface area contributed by atoms with E-state index >= 15 is 0 Å². The van der Waals surface area contributed by atoms with Gasteiger partial charge in [0.2, 0.25) is 0 Å². The van der Waals surface area contributed by atoms with E-state index in [1.54, 1.807) is 0 Å². The van der Waals surface area contributed by atoms with Crippen LogP contribution in [0.4, 0.5) is 0 Å². The highest BCUT2D eigenvalue weighted by Gasteiger charge is 2.40. The average molecular weight is 447 g/mol. The third-order valence-corrected chi connectivity index (χ3v) is 8.39. The number of aliphatic carboxylic acids is 1. The Labute approximate surface area is 192 Å². The van der Waals surface area contributed by atoms with Gasteiger partial charge >= 0.3 is 5.97 Å². The summed E-state index contributed by atoms with van der Waals surface area (Å²) in [6, 6.07) is 8.36. The van der Waals surface area contributed by atoms with Crippen molar-refractivity contribution in [2.45, 2.75) is 71.6 Å². The lowest BCUT2D eigenvalue weighted by Crippen LogP contribution is -2.34. The van der Waals surface area contributed by atoms with Crippen LogP contribution in [0.15, 0.2) is 24.3 Å². The van der Waals surface area contributed by atoms with Crippen molar-refractivity contribution >= 4 is 38.4 Å². The fourth-order valence-corrected chi connectivity index (χ4v) is 7.08. The number of rotatable bonds is 5. The molecule has 0 radical (unpaired) electrons. The second kappa shape index (κ2) is 7.73. The molecule has 166 valence electrons. The number of hydrogen-bond donors (Lipinski definition) is 2. The zero-order valence-electron chi connectivity index (χ0n) is 19.3. The van der Waals surface area contributed by atoms with Gasteiger partial charge in [0.15, 0.2) is 0 Å². The summed E-state index contributed by atoms with van der Waals surface area (Å²) >= 11 is 1.81. The van der Waals surface area contributed by atoms with Crippen LogP contribution in [0.25, 0.3) is 32.2 Å². The largest absolute Gasteiger partial charge is 0.481 e. The van der Waals surface area contributed by atoms with Crippen LogP contribution in [-0.2, 0) is 23.1 Å². The Morgan fingerprint density at radius 3 is 2.69 bits per heavy atom. The highest BCUT2D eigenvalue weighted by atomic mass is 32.1. The number of nitrogens with one attached hydrogen (secondary N) is 1. The van der Waals surface area contributed by atoms with E-state index in [1.807, 2.05) is 31.3 Å². The molecular weight excluding hydrogens is 416 g/mol. The maximum Gasteiger partial charge on any atom is 0.313 e. The van der Waals surface area contributed by atoms with Crippen molar-refractivity contribution in [1.82, 2.24) is 9.97 Å². The molecule has 3 heterocycles. The molecule has 3 aromatic heterocycles. The summed E-state index contributed by atoms with van der Waals surface area (Å²) < 4.78 is 0. The van der Waals surface area contributed by atoms with E-state index in [2.05, 4.69) is 37.0 Å². The first-order valence-corrected chi connectivity index (χ1v) is 12.4. The van der Waals surface area contributed by atoms with Crippen LogP contribution in [0, 0.1) is 13.8 Å². The topological polar surface area (TPSA) is 66.0 Å². The van der Waals surface area contributed by atoms with Crippen LogP contribution >= 0.6 is 11.3 Å². The normalized spacial score (nSPS) is 15.8.